The van der Waals surface area contributed by atoms with Crippen LogP contribution in [0.25, 0.3) is 0 Å². The molecule has 0 aliphatic carbocycles. The van der Waals surface area contributed by atoms with Gasteiger partial charge in [0.1, 0.15) is 0 Å². The Hall–Kier alpha value is -0.360. The van der Waals surface area contributed by atoms with E-state index >= 15 is 0 Å². The Bertz CT molecular complexity index is 552. The van der Waals surface area contributed by atoms with Crippen LogP contribution in [0.3, 0.4) is 0 Å². The summed E-state index contributed by atoms with van der Waals surface area (Å²) < 4.78 is 3.15. The number of rotatable bonds is 7. The van der Waals surface area contributed by atoms with Crippen molar-refractivity contribution in [1.29, 1.82) is 0 Å². The number of thiophene rings is 1. The lowest BCUT2D eigenvalue weighted by molar-refractivity contribution is 0.512. The summed E-state index contributed by atoms with van der Waals surface area (Å²) >= 11 is 11.6. The first-order valence-electron chi connectivity index (χ1n) is 6.85. The number of hydrogen-bond acceptors (Lipinski definition) is 3. The van der Waals surface area contributed by atoms with E-state index in [1.54, 1.807) is 17.5 Å². The molecule has 0 spiro atoms. The van der Waals surface area contributed by atoms with Crippen LogP contribution in [0, 0.1) is 0 Å². The van der Waals surface area contributed by atoms with Crippen LogP contribution in [0.2, 0.25) is 5.02 Å². The predicted molar refractivity (Wildman–Crippen MR) is 89.7 cm³/mol. The second-order valence-corrected chi connectivity index (χ2v) is 7.37. The van der Waals surface area contributed by atoms with Gasteiger partial charge in [-0.3, -0.25) is 4.68 Å². The highest BCUT2D eigenvalue weighted by Crippen LogP contribution is 2.32. The number of nitrogens with one attached hydrogen (secondary N) is 1. The second kappa shape index (κ2) is 7.59. The van der Waals surface area contributed by atoms with E-state index in [1.165, 1.54) is 5.56 Å². The molecule has 2 heterocycles. The summed E-state index contributed by atoms with van der Waals surface area (Å²) in [5, 5.41) is 10.9. The van der Waals surface area contributed by atoms with Crippen LogP contribution in [0.4, 0.5) is 0 Å². The minimum Gasteiger partial charge on any atom is -0.305 e. The maximum atomic E-state index is 6.38. The molecule has 20 heavy (non-hydrogen) atoms. The third-order valence-electron chi connectivity index (χ3n) is 3.06. The van der Waals surface area contributed by atoms with Gasteiger partial charge >= 0.3 is 0 Å². The van der Waals surface area contributed by atoms with Crippen molar-refractivity contribution in [3.8, 4) is 0 Å². The molecule has 2 rings (SSSR count). The zero-order chi connectivity index (χ0) is 14.5. The fourth-order valence-corrected chi connectivity index (χ4v) is 3.64. The topological polar surface area (TPSA) is 29.9 Å². The highest BCUT2D eigenvalue weighted by Gasteiger charge is 2.22. The highest BCUT2D eigenvalue weighted by atomic mass is 79.9. The molecule has 1 unspecified atom stereocenters. The van der Waals surface area contributed by atoms with E-state index in [4.69, 9.17) is 11.6 Å². The van der Waals surface area contributed by atoms with Crippen LogP contribution in [0.15, 0.2) is 21.4 Å². The van der Waals surface area contributed by atoms with Crippen LogP contribution >= 0.6 is 38.9 Å². The molecule has 0 saturated heterocycles. The van der Waals surface area contributed by atoms with E-state index in [9.17, 15) is 0 Å². The van der Waals surface area contributed by atoms with Gasteiger partial charge in [0, 0.05) is 6.54 Å². The second-order valence-electron chi connectivity index (χ2n) is 4.67. The number of halogens is 2. The molecule has 0 aromatic carbocycles. The van der Waals surface area contributed by atoms with Gasteiger partial charge in [-0.1, -0.05) is 25.4 Å². The average molecular weight is 377 g/mol. The van der Waals surface area contributed by atoms with E-state index in [0.717, 1.165) is 40.4 Å². The first kappa shape index (κ1) is 16.0. The summed E-state index contributed by atoms with van der Waals surface area (Å²) in [7, 11) is 0. The maximum Gasteiger partial charge on any atom is 0.0837 e. The predicted octanol–water partition coefficient (Wildman–Crippen LogP) is 4.86. The van der Waals surface area contributed by atoms with E-state index in [-0.39, 0.29) is 6.04 Å². The van der Waals surface area contributed by atoms with Crippen molar-refractivity contribution in [2.75, 3.05) is 6.54 Å². The third-order valence-corrected chi connectivity index (χ3v) is 4.88. The van der Waals surface area contributed by atoms with Crippen molar-refractivity contribution in [3.05, 3.63) is 37.7 Å². The Morgan fingerprint density at radius 1 is 1.45 bits per heavy atom. The average Bonchev–Trinajstić information content (AvgIpc) is 3.00. The summed E-state index contributed by atoms with van der Waals surface area (Å²) in [6.07, 6.45) is 3.87. The van der Waals surface area contributed by atoms with Crippen LogP contribution in [0.1, 0.15) is 44.0 Å². The van der Waals surface area contributed by atoms with Crippen molar-refractivity contribution < 1.29 is 0 Å². The largest absolute Gasteiger partial charge is 0.305 e. The van der Waals surface area contributed by atoms with Crippen LogP contribution < -0.4 is 5.32 Å². The Kier molecular flexibility index (Phi) is 6.08. The molecule has 6 heteroatoms. The zero-order valence-corrected chi connectivity index (χ0v) is 14.9. The molecule has 0 bridgehead atoms. The smallest absolute Gasteiger partial charge is 0.0837 e. The molecule has 1 N–H and O–H groups in total. The van der Waals surface area contributed by atoms with Crippen molar-refractivity contribution in [1.82, 2.24) is 15.1 Å². The quantitative estimate of drug-likeness (QED) is 0.748. The molecule has 0 amide bonds. The van der Waals surface area contributed by atoms with Crippen LogP contribution in [0.5, 0.6) is 0 Å². The van der Waals surface area contributed by atoms with E-state index in [0.29, 0.717) is 0 Å². The van der Waals surface area contributed by atoms with Gasteiger partial charge in [0.2, 0.25) is 0 Å². The Balaban J connectivity index is 2.37. The molecule has 3 nitrogen and oxygen atoms in total. The Morgan fingerprint density at radius 3 is 2.85 bits per heavy atom. The highest BCUT2D eigenvalue weighted by molar-refractivity contribution is 9.11. The molecule has 0 fully saturated rings. The SMILES string of the molecule is CCCNC(c1csc(Br)c1)c1c(Cl)cnn1CCC. The van der Waals surface area contributed by atoms with Crippen LogP contribution in [-0.4, -0.2) is 16.3 Å². The normalized spacial score (nSPS) is 12.8. The monoisotopic (exact) mass is 375 g/mol. The van der Waals surface area contributed by atoms with Crippen LogP contribution in [-0.2, 0) is 6.54 Å². The number of aryl methyl sites for hydroxylation is 1. The fraction of sp³-hybridized carbons (Fsp3) is 0.500. The molecule has 0 aliphatic heterocycles. The van der Waals surface area contributed by atoms with Gasteiger partial charge in [-0.2, -0.15) is 5.10 Å². The van der Waals surface area contributed by atoms with Crippen molar-refractivity contribution in [3.63, 3.8) is 0 Å². The van der Waals surface area contributed by atoms with Gasteiger partial charge < -0.3 is 5.32 Å². The van der Waals surface area contributed by atoms with E-state index < -0.39 is 0 Å². The first-order valence-corrected chi connectivity index (χ1v) is 8.90. The minimum absolute atomic E-state index is 0.0963. The minimum atomic E-state index is 0.0963. The van der Waals surface area contributed by atoms with Crippen molar-refractivity contribution >= 4 is 38.9 Å². The Labute approximate surface area is 137 Å². The number of nitrogens with zero attached hydrogens (tertiary/aromatic N) is 2. The zero-order valence-electron chi connectivity index (χ0n) is 11.7. The standard InChI is InChI=1S/C14H19BrClN3S/c1-3-5-17-13(10-7-12(15)20-9-10)14-11(16)8-18-19(14)6-4-2/h7-9,13,17H,3-6H2,1-2H3. The maximum absolute atomic E-state index is 6.38. The fourth-order valence-electron chi connectivity index (χ4n) is 2.18. The lowest BCUT2D eigenvalue weighted by atomic mass is 10.1. The molecule has 1 atom stereocenters. The molecule has 2 aromatic rings. The van der Waals surface area contributed by atoms with Gasteiger partial charge in [0.15, 0.2) is 0 Å². The molecular formula is C14H19BrClN3S. The third kappa shape index (κ3) is 3.64. The Morgan fingerprint density at radius 2 is 2.25 bits per heavy atom. The number of aromatic nitrogens is 2. The molecule has 0 aliphatic rings. The lowest BCUT2D eigenvalue weighted by Crippen LogP contribution is -2.26. The molecule has 110 valence electrons. The van der Waals surface area contributed by atoms with Gasteiger partial charge in [-0.05, 0) is 52.3 Å². The lowest BCUT2D eigenvalue weighted by Gasteiger charge is -2.20. The van der Waals surface area contributed by atoms with Crippen molar-refractivity contribution in [2.24, 2.45) is 0 Å². The van der Waals surface area contributed by atoms with Gasteiger partial charge in [0.25, 0.3) is 0 Å². The van der Waals surface area contributed by atoms with E-state index in [1.807, 2.05) is 4.68 Å². The first-order chi connectivity index (χ1) is 9.67. The summed E-state index contributed by atoms with van der Waals surface area (Å²) in [4.78, 5) is 0. The molecular weight excluding hydrogens is 358 g/mol. The summed E-state index contributed by atoms with van der Waals surface area (Å²) in [6, 6.07) is 2.25. The summed E-state index contributed by atoms with van der Waals surface area (Å²) in [5.41, 5.74) is 2.29. The van der Waals surface area contributed by atoms with Gasteiger partial charge in [-0.15, -0.1) is 11.3 Å². The molecule has 2 aromatic heterocycles. The molecule has 0 saturated carbocycles. The van der Waals surface area contributed by atoms with E-state index in [2.05, 4.69) is 51.6 Å². The summed E-state index contributed by atoms with van der Waals surface area (Å²) in [5.74, 6) is 0. The molecule has 0 radical (unpaired) electrons. The van der Waals surface area contributed by atoms with Gasteiger partial charge in [0.05, 0.1) is 26.7 Å². The van der Waals surface area contributed by atoms with Crippen molar-refractivity contribution in [2.45, 2.75) is 39.3 Å². The summed E-state index contributed by atoms with van der Waals surface area (Å²) in [6.45, 7) is 6.15. The number of hydrogen-bond donors (Lipinski definition) is 1. The van der Waals surface area contributed by atoms with Gasteiger partial charge in [-0.25, -0.2) is 0 Å².